The number of carbonyl (C=O) groups excluding carboxylic acids is 1. The van der Waals surface area contributed by atoms with Crippen molar-refractivity contribution >= 4 is 17.6 Å². The van der Waals surface area contributed by atoms with Gasteiger partial charge in [0, 0.05) is 6.20 Å². The van der Waals surface area contributed by atoms with Gasteiger partial charge in [-0.25, -0.2) is 4.99 Å². The van der Waals surface area contributed by atoms with Gasteiger partial charge < -0.3 is 0 Å². The number of nitrogens with zero attached hydrogens (tertiary/aromatic N) is 2. The van der Waals surface area contributed by atoms with Crippen LogP contribution >= 0.6 is 0 Å². The number of amidine groups is 2. The fraction of sp³-hybridized carbons (Fsp3) is 0.222. The fourth-order valence-corrected chi connectivity index (χ4v) is 1.30. The number of fused-ring (bicyclic) bond motifs is 1. The van der Waals surface area contributed by atoms with E-state index in [1.165, 1.54) is 4.90 Å². The van der Waals surface area contributed by atoms with Crippen LogP contribution in [-0.2, 0) is 4.79 Å². The largest absolute Gasteiger partial charge is 0.286 e. The standard InChI is InChI=1S/C9H9N3O/c1-6-2-3-8-11-7(10)4-9(13)12(8)5-6/h2-3,5,10H,4H2,1H3. The maximum Gasteiger partial charge on any atom is 0.239 e. The molecule has 1 amide bonds. The van der Waals surface area contributed by atoms with Crippen molar-refractivity contribution in [2.75, 3.05) is 0 Å². The third kappa shape index (κ3) is 1.30. The van der Waals surface area contributed by atoms with E-state index in [4.69, 9.17) is 5.41 Å². The van der Waals surface area contributed by atoms with E-state index in [-0.39, 0.29) is 18.2 Å². The van der Waals surface area contributed by atoms with E-state index >= 15 is 0 Å². The molecular weight excluding hydrogens is 166 g/mol. The summed E-state index contributed by atoms with van der Waals surface area (Å²) in [5, 5.41) is 7.30. The highest BCUT2D eigenvalue weighted by Gasteiger charge is 2.24. The smallest absolute Gasteiger partial charge is 0.239 e. The van der Waals surface area contributed by atoms with E-state index in [0.29, 0.717) is 5.84 Å². The summed E-state index contributed by atoms with van der Waals surface area (Å²) in [6.07, 6.45) is 5.47. The van der Waals surface area contributed by atoms with Gasteiger partial charge in [0.2, 0.25) is 5.91 Å². The molecule has 2 rings (SSSR count). The van der Waals surface area contributed by atoms with Gasteiger partial charge in [-0.1, -0.05) is 6.08 Å². The molecule has 0 spiro atoms. The Labute approximate surface area is 75.8 Å². The van der Waals surface area contributed by atoms with E-state index < -0.39 is 0 Å². The lowest BCUT2D eigenvalue weighted by molar-refractivity contribution is -0.124. The first-order chi connectivity index (χ1) is 6.16. The Morgan fingerprint density at radius 2 is 2.31 bits per heavy atom. The van der Waals surface area contributed by atoms with Crippen LogP contribution in [0.4, 0.5) is 0 Å². The molecule has 2 aliphatic heterocycles. The molecule has 66 valence electrons. The van der Waals surface area contributed by atoms with Crippen LogP contribution in [0.2, 0.25) is 0 Å². The van der Waals surface area contributed by atoms with E-state index in [2.05, 4.69) is 4.99 Å². The number of nitrogens with one attached hydrogen (secondary N) is 1. The molecule has 0 aliphatic carbocycles. The summed E-state index contributed by atoms with van der Waals surface area (Å²) in [5.41, 5.74) is 1.01. The molecular formula is C9H9N3O. The minimum absolute atomic E-state index is 0.0845. The first-order valence-electron chi connectivity index (χ1n) is 4.01. The molecule has 4 heteroatoms. The maximum absolute atomic E-state index is 11.4. The van der Waals surface area contributed by atoms with Crippen molar-refractivity contribution in [3.05, 3.63) is 23.9 Å². The topological polar surface area (TPSA) is 56.5 Å². The second-order valence-corrected chi connectivity index (χ2v) is 3.06. The highest BCUT2D eigenvalue weighted by molar-refractivity contribution is 6.19. The minimum Gasteiger partial charge on any atom is -0.286 e. The summed E-state index contributed by atoms with van der Waals surface area (Å²) < 4.78 is 0. The fourth-order valence-electron chi connectivity index (χ4n) is 1.30. The number of amides is 1. The molecule has 0 aromatic rings. The number of hydrogen-bond donors (Lipinski definition) is 1. The zero-order valence-corrected chi connectivity index (χ0v) is 7.24. The number of allylic oxidation sites excluding steroid dienone is 2. The summed E-state index contributed by atoms with van der Waals surface area (Å²) in [6, 6.07) is 0. The molecule has 0 aromatic heterocycles. The van der Waals surface area contributed by atoms with Gasteiger partial charge in [-0.2, -0.15) is 0 Å². The van der Waals surface area contributed by atoms with E-state index in [0.717, 1.165) is 5.57 Å². The maximum atomic E-state index is 11.4. The number of carbonyl (C=O) groups is 1. The molecule has 0 radical (unpaired) electrons. The Morgan fingerprint density at radius 3 is 3.08 bits per heavy atom. The molecule has 0 unspecified atom stereocenters. The van der Waals surface area contributed by atoms with Crippen molar-refractivity contribution in [2.24, 2.45) is 4.99 Å². The predicted octanol–water partition coefficient (Wildman–Crippen LogP) is 1.07. The number of aliphatic imine (C=N–C) groups is 1. The lowest BCUT2D eigenvalue weighted by atomic mass is 10.2. The van der Waals surface area contributed by atoms with Gasteiger partial charge in [0.25, 0.3) is 0 Å². The van der Waals surface area contributed by atoms with Gasteiger partial charge in [-0.15, -0.1) is 0 Å². The van der Waals surface area contributed by atoms with Crippen molar-refractivity contribution in [1.82, 2.24) is 4.90 Å². The summed E-state index contributed by atoms with van der Waals surface area (Å²) >= 11 is 0. The number of rotatable bonds is 0. The molecule has 2 aliphatic rings. The third-order valence-corrected chi connectivity index (χ3v) is 1.91. The van der Waals surface area contributed by atoms with Crippen molar-refractivity contribution in [3.63, 3.8) is 0 Å². The average molecular weight is 175 g/mol. The average Bonchev–Trinajstić information content (AvgIpc) is 2.06. The zero-order valence-electron chi connectivity index (χ0n) is 7.24. The van der Waals surface area contributed by atoms with Gasteiger partial charge in [0.15, 0.2) is 0 Å². The third-order valence-electron chi connectivity index (χ3n) is 1.91. The summed E-state index contributed by atoms with van der Waals surface area (Å²) in [4.78, 5) is 16.9. The SMILES string of the molecule is CC1=CN2C(=O)CC(=N)N=C2C=C1. The molecule has 0 saturated heterocycles. The van der Waals surface area contributed by atoms with Gasteiger partial charge in [0.1, 0.15) is 11.7 Å². The van der Waals surface area contributed by atoms with E-state index in [9.17, 15) is 4.79 Å². The van der Waals surface area contributed by atoms with Crippen molar-refractivity contribution < 1.29 is 4.79 Å². The minimum atomic E-state index is -0.0845. The summed E-state index contributed by atoms with van der Waals surface area (Å²) in [6.45, 7) is 1.92. The molecule has 0 bridgehead atoms. The van der Waals surface area contributed by atoms with Crippen molar-refractivity contribution in [2.45, 2.75) is 13.3 Å². The molecule has 4 nitrogen and oxygen atoms in total. The van der Waals surface area contributed by atoms with Crippen LogP contribution in [0.3, 0.4) is 0 Å². The lowest BCUT2D eigenvalue weighted by Crippen LogP contribution is -2.38. The van der Waals surface area contributed by atoms with Crippen LogP contribution in [0.5, 0.6) is 0 Å². The van der Waals surface area contributed by atoms with Gasteiger partial charge in [-0.05, 0) is 18.6 Å². The molecule has 2 heterocycles. The van der Waals surface area contributed by atoms with Gasteiger partial charge >= 0.3 is 0 Å². The Balaban J connectivity index is 2.44. The molecule has 13 heavy (non-hydrogen) atoms. The van der Waals surface area contributed by atoms with E-state index in [1.807, 2.05) is 13.0 Å². The van der Waals surface area contributed by atoms with Crippen molar-refractivity contribution in [3.8, 4) is 0 Å². The lowest BCUT2D eigenvalue weighted by Gasteiger charge is -2.25. The second kappa shape index (κ2) is 2.65. The number of hydrogen-bond acceptors (Lipinski definition) is 2. The van der Waals surface area contributed by atoms with Crippen LogP contribution in [0.25, 0.3) is 0 Å². The highest BCUT2D eigenvalue weighted by Crippen LogP contribution is 2.14. The van der Waals surface area contributed by atoms with Crippen LogP contribution in [0, 0.1) is 5.41 Å². The highest BCUT2D eigenvalue weighted by atomic mass is 16.2. The predicted molar refractivity (Wildman–Crippen MR) is 49.5 cm³/mol. The van der Waals surface area contributed by atoms with Crippen LogP contribution in [0.1, 0.15) is 13.3 Å². The van der Waals surface area contributed by atoms with Crippen LogP contribution in [-0.4, -0.2) is 22.5 Å². The van der Waals surface area contributed by atoms with Crippen LogP contribution in [0.15, 0.2) is 28.9 Å². The molecule has 0 saturated carbocycles. The monoisotopic (exact) mass is 175 g/mol. The van der Waals surface area contributed by atoms with Gasteiger partial charge in [0.05, 0.1) is 6.42 Å². The Morgan fingerprint density at radius 1 is 1.54 bits per heavy atom. The van der Waals surface area contributed by atoms with Crippen LogP contribution < -0.4 is 0 Å². The first-order valence-corrected chi connectivity index (χ1v) is 4.01. The summed E-state index contributed by atoms with van der Waals surface area (Å²) in [7, 11) is 0. The summed E-state index contributed by atoms with van der Waals surface area (Å²) in [5.74, 6) is 0.597. The second-order valence-electron chi connectivity index (χ2n) is 3.06. The first kappa shape index (κ1) is 7.91. The van der Waals surface area contributed by atoms with Gasteiger partial charge in [-0.3, -0.25) is 15.1 Å². The molecule has 1 N–H and O–H groups in total. The normalized spacial score (nSPS) is 21.2. The van der Waals surface area contributed by atoms with Crippen molar-refractivity contribution in [1.29, 1.82) is 5.41 Å². The Bertz CT molecular complexity index is 376. The Hall–Kier alpha value is -1.71. The quantitative estimate of drug-likeness (QED) is 0.588. The molecule has 0 fully saturated rings. The van der Waals surface area contributed by atoms with E-state index in [1.54, 1.807) is 12.3 Å². The molecule has 0 aromatic carbocycles. The Kier molecular flexibility index (Phi) is 1.62. The molecule has 0 atom stereocenters. The zero-order chi connectivity index (χ0) is 9.42.